The molecule has 3 heterocycles. The lowest BCUT2D eigenvalue weighted by Crippen LogP contribution is -2.38. The van der Waals surface area contributed by atoms with Crippen molar-refractivity contribution in [3.05, 3.63) is 79.0 Å². The summed E-state index contributed by atoms with van der Waals surface area (Å²) < 4.78 is 42.0. The molecule has 1 saturated heterocycles. The van der Waals surface area contributed by atoms with E-state index in [1.54, 1.807) is 79.6 Å². The predicted octanol–water partition coefficient (Wildman–Crippen LogP) is 5.49. The molecule has 1 amide bonds. The summed E-state index contributed by atoms with van der Waals surface area (Å²) in [6.45, 7) is 3.71. The number of carbonyl (C=O) groups excluding carboxylic acids is 1. The largest absolute Gasteiger partial charge is 0.497 e. The molecule has 10 nitrogen and oxygen atoms in total. The van der Waals surface area contributed by atoms with Gasteiger partial charge in [0.1, 0.15) is 11.5 Å². The molecule has 12 heteroatoms. The second kappa shape index (κ2) is 12.4. The number of amides is 1. The molecule has 2 aromatic heterocycles. The Labute approximate surface area is 260 Å². The number of aromatic nitrogens is 4. The Kier molecular flexibility index (Phi) is 8.37. The van der Waals surface area contributed by atoms with Gasteiger partial charge in [-0.15, -0.1) is 10.2 Å². The number of fused-ring (bicyclic) bond motifs is 1. The molecule has 0 aliphatic carbocycles. The van der Waals surface area contributed by atoms with Crippen LogP contribution in [0.25, 0.3) is 28.0 Å². The Morgan fingerprint density at radius 2 is 1.68 bits per heavy atom. The lowest BCUT2D eigenvalue weighted by molar-refractivity contribution is -0.129. The molecule has 1 aliphatic heterocycles. The average molecular weight is 632 g/mol. The maximum atomic E-state index is 13.8. The topological polar surface area (TPSA) is 109 Å². The number of piperidine rings is 1. The molecule has 228 valence electrons. The smallest absolute Gasteiger partial charge is 0.268 e. The second-order valence-corrected chi connectivity index (χ2v) is 13.5. The van der Waals surface area contributed by atoms with Gasteiger partial charge in [0.15, 0.2) is 11.0 Å². The van der Waals surface area contributed by atoms with Crippen LogP contribution in [0.3, 0.4) is 0 Å². The summed E-state index contributed by atoms with van der Waals surface area (Å²) in [5.74, 6) is 2.36. The number of nitrogens with zero attached hydrogens (tertiary/aromatic N) is 5. The second-order valence-electron chi connectivity index (χ2n) is 10.7. The van der Waals surface area contributed by atoms with Crippen molar-refractivity contribution in [1.82, 2.24) is 23.6 Å². The van der Waals surface area contributed by atoms with E-state index in [0.717, 1.165) is 25.9 Å². The first-order chi connectivity index (χ1) is 21.3. The monoisotopic (exact) mass is 631 g/mol. The van der Waals surface area contributed by atoms with Gasteiger partial charge >= 0.3 is 0 Å². The number of rotatable bonds is 9. The molecular weight excluding hydrogens is 599 g/mol. The number of methoxy groups -OCH3 is 2. The molecule has 0 bridgehead atoms. The Balaban J connectivity index is 1.49. The van der Waals surface area contributed by atoms with Gasteiger partial charge in [-0.1, -0.05) is 55.1 Å². The summed E-state index contributed by atoms with van der Waals surface area (Å²) in [7, 11) is -0.777. The van der Waals surface area contributed by atoms with Crippen LogP contribution in [0.2, 0.25) is 0 Å². The van der Waals surface area contributed by atoms with Gasteiger partial charge in [-0.3, -0.25) is 9.36 Å². The molecule has 0 spiro atoms. The van der Waals surface area contributed by atoms with Gasteiger partial charge < -0.3 is 14.4 Å². The van der Waals surface area contributed by atoms with Crippen molar-refractivity contribution in [3.8, 4) is 28.6 Å². The van der Waals surface area contributed by atoms with E-state index in [9.17, 15) is 13.2 Å². The minimum Gasteiger partial charge on any atom is -0.497 e. The molecule has 6 rings (SSSR count). The number of para-hydroxylation sites is 1. The summed E-state index contributed by atoms with van der Waals surface area (Å²) in [5.41, 5.74) is 1.65. The van der Waals surface area contributed by atoms with E-state index in [-0.39, 0.29) is 16.6 Å². The standard InChI is InChI=1S/C32H33N5O5S2/c1-22-15-17-35(18-16-22)30(38)21-43-32-34-33-31(37(32)28-19-23(41-2)13-14-29(28)42-3)26-20-36(27-12-8-7-11-25(26)27)44(39,40)24-9-5-4-6-10-24/h4-14,19-20,22H,15-18,21H2,1-3H3. The summed E-state index contributed by atoms with van der Waals surface area (Å²) in [6, 6.07) is 21.0. The van der Waals surface area contributed by atoms with Gasteiger partial charge in [-0.05, 0) is 49.1 Å². The summed E-state index contributed by atoms with van der Waals surface area (Å²) in [6.07, 6.45) is 3.57. The van der Waals surface area contributed by atoms with E-state index < -0.39 is 10.0 Å². The van der Waals surface area contributed by atoms with Crippen molar-refractivity contribution in [2.75, 3.05) is 33.1 Å². The fourth-order valence-corrected chi connectivity index (χ4v) is 7.67. The Hall–Kier alpha value is -4.29. The number of hydrogen-bond acceptors (Lipinski definition) is 8. The average Bonchev–Trinajstić information content (AvgIpc) is 3.66. The maximum absolute atomic E-state index is 13.8. The van der Waals surface area contributed by atoms with Gasteiger partial charge in [-0.2, -0.15) is 0 Å². The fraction of sp³-hybridized carbons (Fsp3) is 0.281. The molecule has 0 unspecified atom stereocenters. The van der Waals surface area contributed by atoms with Crippen molar-refractivity contribution < 1.29 is 22.7 Å². The molecule has 3 aromatic carbocycles. The van der Waals surface area contributed by atoms with E-state index >= 15 is 0 Å². The highest BCUT2D eigenvalue weighted by Crippen LogP contribution is 2.38. The number of benzene rings is 3. The summed E-state index contributed by atoms with van der Waals surface area (Å²) in [5, 5.41) is 10.2. The van der Waals surface area contributed by atoms with Crippen molar-refractivity contribution >= 4 is 38.6 Å². The van der Waals surface area contributed by atoms with Crippen LogP contribution in [-0.4, -0.2) is 71.0 Å². The van der Waals surface area contributed by atoms with E-state index in [0.29, 0.717) is 50.6 Å². The quantitative estimate of drug-likeness (QED) is 0.197. The number of likely N-dealkylation sites (tertiary alicyclic amines) is 1. The lowest BCUT2D eigenvalue weighted by atomic mass is 9.99. The molecular formula is C32H33N5O5S2. The fourth-order valence-electron chi connectivity index (χ4n) is 5.44. The van der Waals surface area contributed by atoms with E-state index in [2.05, 4.69) is 17.1 Å². The number of thioether (sulfide) groups is 1. The minimum atomic E-state index is -3.93. The normalized spacial score (nSPS) is 14.2. The highest BCUT2D eigenvalue weighted by atomic mass is 32.2. The van der Waals surface area contributed by atoms with Gasteiger partial charge in [0.25, 0.3) is 10.0 Å². The first-order valence-corrected chi connectivity index (χ1v) is 16.7. The minimum absolute atomic E-state index is 0.0427. The van der Waals surface area contributed by atoms with Crippen LogP contribution in [0, 0.1) is 5.92 Å². The van der Waals surface area contributed by atoms with Crippen LogP contribution >= 0.6 is 11.8 Å². The van der Waals surface area contributed by atoms with Crippen molar-refractivity contribution in [2.45, 2.75) is 29.8 Å². The lowest BCUT2D eigenvalue weighted by Gasteiger charge is -2.30. The van der Waals surface area contributed by atoms with Gasteiger partial charge in [-0.25, -0.2) is 12.4 Å². The van der Waals surface area contributed by atoms with Crippen molar-refractivity contribution in [2.24, 2.45) is 5.92 Å². The molecule has 1 fully saturated rings. The zero-order chi connectivity index (χ0) is 30.8. The molecule has 5 aromatic rings. The molecule has 0 N–H and O–H groups in total. The molecule has 0 radical (unpaired) electrons. The molecule has 1 aliphatic rings. The third kappa shape index (κ3) is 5.55. The first kappa shape index (κ1) is 29.8. The van der Waals surface area contributed by atoms with E-state index in [1.807, 2.05) is 23.1 Å². The van der Waals surface area contributed by atoms with Gasteiger partial charge in [0.2, 0.25) is 5.91 Å². The highest BCUT2D eigenvalue weighted by molar-refractivity contribution is 7.99. The van der Waals surface area contributed by atoms with Gasteiger partial charge in [0.05, 0.1) is 36.1 Å². The highest BCUT2D eigenvalue weighted by Gasteiger charge is 2.27. The summed E-state index contributed by atoms with van der Waals surface area (Å²) >= 11 is 1.28. The molecule has 0 atom stereocenters. The van der Waals surface area contributed by atoms with Crippen LogP contribution in [-0.2, 0) is 14.8 Å². The van der Waals surface area contributed by atoms with Crippen LogP contribution in [0.5, 0.6) is 11.5 Å². The first-order valence-electron chi connectivity index (χ1n) is 14.3. The van der Waals surface area contributed by atoms with Crippen LogP contribution in [0.4, 0.5) is 0 Å². The van der Waals surface area contributed by atoms with Crippen LogP contribution in [0.15, 0.2) is 89.0 Å². The zero-order valence-corrected chi connectivity index (χ0v) is 26.3. The maximum Gasteiger partial charge on any atom is 0.268 e. The third-order valence-electron chi connectivity index (χ3n) is 7.94. The van der Waals surface area contributed by atoms with E-state index in [1.165, 1.54) is 15.7 Å². The molecule has 0 saturated carbocycles. The molecule has 44 heavy (non-hydrogen) atoms. The SMILES string of the molecule is COc1ccc(OC)c(-n2c(SCC(=O)N3CCC(C)CC3)nnc2-c2cn(S(=O)(=O)c3ccccc3)c3ccccc23)c1. The predicted molar refractivity (Wildman–Crippen MR) is 170 cm³/mol. The third-order valence-corrected chi connectivity index (χ3v) is 10.5. The Bertz CT molecular complexity index is 1910. The Morgan fingerprint density at radius 1 is 0.955 bits per heavy atom. The van der Waals surface area contributed by atoms with Crippen molar-refractivity contribution in [3.63, 3.8) is 0 Å². The summed E-state index contributed by atoms with van der Waals surface area (Å²) in [4.78, 5) is 15.3. The number of carbonyl (C=O) groups is 1. The van der Waals surface area contributed by atoms with Gasteiger partial charge in [0, 0.05) is 36.3 Å². The van der Waals surface area contributed by atoms with Crippen molar-refractivity contribution in [1.29, 1.82) is 0 Å². The van der Waals surface area contributed by atoms with Crippen LogP contribution in [0.1, 0.15) is 19.8 Å². The Morgan fingerprint density at radius 3 is 2.41 bits per heavy atom. The van der Waals surface area contributed by atoms with Crippen LogP contribution < -0.4 is 9.47 Å². The number of hydrogen-bond donors (Lipinski definition) is 0. The zero-order valence-electron chi connectivity index (χ0n) is 24.7. The van der Waals surface area contributed by atoms with E-state index in [4.69, 9.17) is 9.47 Å². The number of ether oxygens (including phenoxy) is 2.